The molecule has 0 aliphatic carbocycles. The van der Waals surface area contributed by atoms with Crippen molar-refractivity contribution in [1.82, 2.24) is 0 Å². The Bertz CT molecular complexity index is 554. The Balaban J connectivity index is 2.01. The van der Waals surface area contributed by atoms with Gasteiger partial charge in [-0.1, -0.05) is 28.1 Å². The highest BCUT2D eigenvalue weighted by molar-refractivity contribution is 9.10. The lowest BCUT2D eigenvalue weighted by molar-refractivity contribution is 0.340. The van der Waals surface area contributed by atoms with E-state index < -0.39 is 0 Å². The van der Waals surface area contributed by atoms with Crippen LogP contribution in [-0.2, 0) is 6.54 Å². The Morgan fingerprint density at radius 3 is 2.74 bits per heavy atom. The molecule has 0 aliphatic heterocycles. The molecule has 3 heteroatoms. The minimum atomic E-state index is 0.697. The van der Waals surface area contributed by atoms with Crippen molar-refractivity contribution in [3.05, 3.63) is 58.1 Å². The summed E-state index contributed by atoms with van der Waals surface area (Å²) in [6, 6.07) is 14.4. The molecule has 2 aromatic carbocycles. The zero-order valence-electron chi connectivity index (χ0n) is 11.2. The molecule has 19 heavy (non-hydrogen) atoms. The largest absolute Gasteiger partial charge is 0.494 e. The summed E-state index contributed by atoms with van der Waals surface area (Å²) < 4.78 is 6.63. The van der Waals surface area contributed by atoms with E-state index in [0.29, 0.717) is 6.61 Å². The monoisotopic (exact) mass is 319 g/mol. The summed E-state index contributed by atoms with van der Waals surface area (Å²) >= 11 is 3.51. The van der Waals surface area contributed by atoms with Gasteiger partial charge in [-0.15, -0.1) is 0 Å². The van der Waals surface area contributed by atoms with E-state index in [0.717, 1.165) is 22.5 Å². The molecule has 0 saturated heterocycles. The van der Waals surface area contributed by atoms with E-state index in [-0.39, 0.29) is 0 Å². The molecule has 0 fully saturated rings. The van der Waals surface area contributed by atoms with Crippen LogP contribution in [0.15, 0.2) is 46.9 Å². The highest BCUT2D eigenvalue weighted by Gasteiger charge is 1.99. The van der Waals surface area contributed by atoms with Crippen LogP contribution >= 0.6 is 15.9 Å². The molecule has 0 saturated carbocycles. The first-order chi connectivity index (χ1) is 9.19. The topological polar surface area (TPSA) is 21.3 Å². The molecule has 0 atom stereocenters. The normalized spacial score (nSPS) is 10.3. The molecule has 0 spiro atoms. The second-order valence-electron chi connectivity index (χ2n) is 4.40. The Labute approximate surface area is 122 Å². The van der Waals surface area contributed by atoms with Crippen molar-refractivity contribution in [2.75, 3.05) is 11.9 Å². The van der Waals surface area contributed by atoms with Crippen molar-refractivity contribution in [2.24, 2.45) is 0 Å². The van der Waals surface area contributed by atoms with Crippen LogP contribution in [0.4, 0.5) is 5.69 Å². The van der Waals surface area contributed by atoms with Crippen LogP contribution < -0.4 is 10.1 Å². The molecule has 0 unspecified atom stereocenters. The lowest BCUT2D eigenvalue weighted by Gasteiger charge is -2.10. The number of anilines is 1. The number of ether oxygens (including phenoxy) is 1. The van der Waals surface area contributed by atoms with E-state index >= 15 is 0 Å². The molecular weight excluding hydrogens is 302 g/mol. The van der Waals surface area contributed by atoms with E-state index in [9.17, 15) is 0 Å². The molecular formula is C16H18BrNO. The number of halogens is 1. The molecule has 100 valence electrons. The lowest BCUT2D eigenvalue weighted by Crippen LogP contribution is -2.00. The van der Waals surface area contributed by atoms with Gasteiger partial charge in [0.1, 0.15) is 5.75 Å². The summed E-state index contributed by atoms with van der Waals surface area (Å²) in [6.45, 7) is 5.57. The third-order valence-corrected chi connectivity index (χ3v) is 3.75. The minimum Gasteiger partial charge on any atom is -0.494 e. The average molecular weight is 320 g/mol. The Morgan fingerprint density at radius 1 is 1.16 bits per heavy atom. The van der Waals surface area contributed by atoms with Crippen molar-refractivity contribution in [3.63, 3.8) is 0 Å². The predicted octanol–water partition coefficient (Wildman–Crippen LogP) is 4.77. The number of aryl methyl sites for hydroxylation is 1. The van der Waals surface area contributed by atoms with Gasteiger partial charge >= 0.3 is 0 Å². The van der Waals surface area contributed by atoms with Gasteiger partial charge in [0.05, 0.1) is 6.61 Å². The summed E-state index contributed by atoms with van der Waals surface area (Å²) in [5, 5.41) is 3.42. The van der Waals surface area contributed by atoms with Crippen molar-refractivity contribution in [3.8, 4) is 5.75 Å². The van der Waals surface area contributed by atoms with Gasteiger partial charge in [-0.25, -0.2) is 0 Å². The Morgan fingerprint density at radius 2 is 2.00 bits per heavy atom. The third kappa shape index (κ3) is 4.00. The summed E-state index contributed by atoms with van der Waals surface area (Å²) in [5.74, 6) is 0.925. The van der Waals surface area contributed by atoms with Crippen LogP contribution in [-0.4, -0.2) is 6.61 Å². The summed E-state index contributed by atoms with van der Waals surface area (Å²) in [7, 11) is 0. The van der Waals surface area contributed by atoms with Crippen LogP contribution in [0, 0.1) is 6.92 Å². The van der Waals surface area contributed by atoms with Crippen LogP contribution in [0.3, 0.4) is 0 Å². The van der Waals surface area contributed by atoms with E-state index in [1.54, 1.807) is 0 Å². The van der Waals surface area contributed by atoms with E-state index in [1.807, 2.05) is 19.1 Å². The number of hydrogen-bond acceptors (Lipinski definition) is 2. The maximum absolute atomic E-state index is 5.50. The zero-order valence-corrected chi connectivity index (χ0v) is 12.8. The molecule has 0 aliphatic rings. The maximum atomic E-state index is 5.50. The van der Waals surface area contributed by atoms with Gasteiger partial charge < -0.3 is 10.1 Å². The molecule has 0 aromatic heterocycles. The lowest BCUT2D eigenvalue weighted by atomic mass is 10.2. The number of benzene rings is 2. The zero-order chi connectivity index (χ0) is 13.7. The van der Waals surface area contributed by atoms with E-state index in [2.05, 4.69) is 58.5 Å². The molecule has 1 N–H and O–H groups in total. The molecule has 2 aromatic rings. The fourth-order valence-corrected chi connectivity index (χ4v) is 2.12. The quantitative estimate of drug-likeness (QED) is 0.857. The summed E-state index contributed by atoms with van der Waals surface area (Å²) in [5.41, 5.74) is 3.57. The number of nitrogens with one attached hydrogen (secondary N) is 1. The fourth-order valence-electron chi connectivity index (χ4n) is 1.87. The summed E-state index contributed by atoms with van der Waals surface area (Å²) in [4.78, 5) is 0. The highest BCUT2D eigenvalue weighted by atomic mass is 79.9. The van der Waals surface area contributed by atoms with E-state index in [1.165, 1.54) is 11.1 Å². The first-order valence-corrected chi connectivity index (χ1v) is 7.20. The van der Waals surface area contributed by atoms with Gasteiger partial charge in [-0.05, 0) is 55.3 Å². The first-order valence-electron chi connectivity index (χ1n) is 6.41. The Kier molecular flexibility index (Phi) is 4.86. The van der Waals surface area contributed by atoms with Crippen molar-refractivity contribution >= 4 is 21.6 Å². The van der Waals surface area contributed by atoms with E-state index in [4.69, 9.17) is 4.74 Å². The predicted molar refractivity (Wildman–Crippen MR) is 83.8 cm³/mol. The maximum Gasteiger partial charge on any atom is 0.119 e. The van der Waals surface area contributed by atoms with Crippen LogP contribution in [0.1, 0.15) is 18.1 Å². The third-order valence-electron chi connectivity index (χ3n) is 2.86. The SMILES string of the molecule is CCOc1cccc(CNc2ccc(Br)c(C)c2)c1. The molecule has 0 amide bonds. The van der Waals surface area contributed by atoms with Gasteiger partial charge in [-0.2, -0.15) is 0 Å². The van der Waals surface area contributed by atoms with Crippen LogP contribution in [0.25, 0.3) is 0 Å². The highest BCUT2D eigenvalue weighted by Crippen LogP contribution is 2.21. The van der Waals surface area contributed by atoms with Gasteiger partial charge in [0.25, 0.3) is 0 Å². The van der Waals surface area contributed by atoms with Gasteiger partial charge in [0.2, 0.25) is 0 Å². The van der Waals surface area contributed by atoms with Gasteiger partial charge in [-0.3, -0.25) is 0 Å². The smallest absolute Gasteiger partial charge is 0.119 e. The molecule has 0 bridgehead atoms. The second kappa shape index (κ2) is 6.62. The van der Waals surface area contributed by atoms with Crippen molar-refractivity contribution < 1.29 is 4.74 Å². The minimum absolute atomic E-state index is 0.697. The standard InChI is InChI=1S/C16H18BrNO/c1-3-19-15-6-4-5-13(10-15)11-18-14-7-8-16(17)12(2)9-14/h4-10,18H,3,11H2,1-2H3. The second-order valence-corrected chi connectivity index (χ2v) is 5.25. The molecule has 2 nitrogen and oxygen atoms in total. The van der Waals surface area contributed by atoms with Gasteiger partial charge in [0.15, 0.2) is 0 Å². The summed E-state index contributed by atoms with van der Waals surface area (Å²) in [6.07, 6.45) is 0. The number of rotatable bonds is 5. The average Bonchev–Trinajstić information content (AvgIpc) is 2.41. The van der Waals surface area contributed by atoms with Crippen LogP contribution in [0.2, 0.25) is 0 Å². The van der Waals surface area contributed by atoms with Crippen molar-refractivity contribution in [1.29, 1.82) is 0 Å². The van der Waals surface area contributed by atoms with Crippen molar-refractivity contribution in [2.45, 2.75) is 20.4 Å². The Hall–Kier alpha value is -1.48. The molecule has 2 rings (SSSR count). The first kappa shape index (κ1) is 13.9. The van der Waals surface area contributed by atoms with Crippen LogP contribution in [0.5, 0.6) is 5.75 Å². The number of hydrogen-bond donors (Lipinski definition) is 1. The molecule has 0 heterocycles. The fraction of sp³-hybridized carbons (Fsp3) is 0.250. The molecule has 0 radical (unpaired) electrons. The van der Waals surface area contributed by atoms with Gasteiger partial charge in [0, 0.05) is 16.7 Å².